The molecule has 1 heterocycles. The minimum Gasteiger partial charge on any atom is -0.371 e. The van der Waals surface area contributed by atoms with Crippen molar-refractivity contribution in [2.24, 2.45) is 5.92 Å². The zero-order chi connectivity index (χ0) is 8.27. The highest BCUT2D eigenvalue weighted by molar-refractivity contribution is 9.12. The fraction of sp³-hybridized carbons (Fsp3) is 0.571. The van der Waals surface area contributed by atoms with Gasteiger partial charge in [0.25, 0.3) is 0 Å². The Balaban J connectivity index is 2.27. The summed E-state index contributed by atoms with van der Waals surface area (Å²) in [6, 6.07) is 0. The maximum atomic E-state index is 10.1. The van der Waals surface area contributed by atoms with Gasteiger partial charge in [0.05, 0.1) is 0 Å². The summed E-state index contributed by atoms with van der Waals surface area (Å²) in [5.74, 6) is 3.18. The van der Waals surface area contributed by atoms with Crippen LogP contribution < -0.4 is 0 Å². The first-order valence-electron chi connectivity index (χ1n) is 3.26. The standard InChI is InChI=1S/C7H8BrNO2/c8-2-1-6-3-9(4-6)7(11)5-10/h5-7,11H,3-4H2. The normalized spacial score (nSPS) is 21.3. The van der Waals surface area contributed by atoms with Gasteiger partial charge in [0.1, 0.15) is 0 Å². The van der Waals surface area contributed by atoms with Crippen LogP contribution in [0.5, 0.6) is 0 Å². The molecule has 1 unspecified atom stereocenters. The van der Waals surface area contributed by atoms with E-state index < -0.39 is 6.23 Å². The van der Waals surface area contributed by atoms with Crippen molar-refractivity contribution in [3.63, 3.8) is 0 Å². The van der Waals surface area contributed by atoms with Crippen molar-refractivity contribution in [3.05, 3.63) is 0 Å². The number of carbonyl (C=O) groups is 1. The summed E-state index contributed by atoms with van der Waals surface area (Å²) < 4.78 is 0. The minimum absolute atomic E-state index is 0.295. The topological polar surface area (TPSA) is 40.5 Å². The van der Waals surface area contributed by atoms with Crippen molar-refractivity contribution in [3.8, 4) is 10.8 Å². The number of aliphatic hydroxyl groups is 1. The largest absolute Gasteiger partial charge is 0.371 e. The quantitative estimate of drug-likeness (QED) is 0.515. The molecule has 4 heteroatoms. The van der Waals surface area contributed by atoms with E-state index in [4.69, 9.17) is 5.11 Å². The highest BCUT2D eigenvalue weighted by Crippen LogP contribution is 2.15. The van der Waals surface area contributed by atoms with Crippen LogP contribution in [-0.4, -0.2) is 35.6 Å². The monoisotopic (exact) mass is 217 g/mol. The summed E-state index contributed by atoms with van der Waals surface area (Å²) in [6.45, 7) is 1.36. The lowest BCUT2D eigenvalue weighted by Crippen LogP contribution is -2.52. The van der Waals surface area contributed by atoms with Gasteiger partial charge in [0.15, 0.2) is 12.5 Å². The van der Waals surface area contributed by atoms with Gasteiger partial charge in [-0.3, -0.25) is 9.69 Å². The number of hydrogen-bond acceptors (Lipinski definition) is 3. The number of hydrogen-bond donors (Lipinski definition) is 1. The Bertz CT molecular complexity index is 202. The molecule has 1 rings (SSSR count). The van der Waals surface area contributed by atoms with Crippen LogP contribution >= 0.6 is 15.9 Å². The summed E-state index contributed by atoms with van der Waals surface area (Å²) >= 11 is 2.99. The molecule has 0 aromatic rings. The van der Waals surface area contributed by atoms with E-state index in [0.717, 1.165) is 0 Å². The highest BCUT2D eigenvalue weighted by atomic mass is 79.9. The Morgan fingerprint density at radius 3 is 2.82 bits per heavy atom. The Labute approximate surface area is 73.5 Å². The summed E-state index contributed by atoms with van der Waals surface area (Å²) in [6.07, 6.45) is -0.416. The molecule has 0 amide bonds. The third kappa shape index (κ3) is 2.03. The third-order valence-electron chi connectivity index (χ3n) is 1.66. The molecule has 0 aliphatic carbocycles. The van der Waals surface area contributed by atoms with Crippen LogP contribution in [0.25, 0.3) is 0 Å². The molecular formula is C7H8BrNO2. The van der Waals surface area contributed by atoms with E-state index in [-0.39, 0.29) is 0 Å². The molecule has 1 aliphatic rings. The van der Waals surface area contributed by atoms with Gasteiger partial charge in [0.2, 0.25) is 0 Å². The second-order valence-corrected chi connectivity index (χ2v) is 2.84. The Kier molecular flexibility index (Phi) is 3.06. The van der Waals surface area contributed by atoms with E-state index in [9.17, 15) is 4.79 Å². The molecule has 1 saturated heterocycles. The SMILES string of the molecule is O=CC(O)N1CC(C#CBr)C1. The van der Waals surface area contributed by atoms with Gasteiger partial charge < -0.3 is 5.11 Å². The van der Waals surface area contributed by atoms with Crippen molar-refractivity contribution < 1.29 is 9.90 Å². The molecule has 11 heavy (non-hydrogen) atoms. The van der Waals surface area contributed by atoms with Gasteiger partial charge in [-0.15, -0.1) is 0 Å². The van der Waals surface area contributed by atoms with Gasteiger partial charge in [-0.05, 0) is 4.83 Å². The molecule has 1 fully saturated rings. The molecule has 1 N–H and O–H groups in total. The third-order valence-corrected chi connectivity index (χ3v) is 1.89. The van der Waals surface area contributed by atoms with Gasteiger partial charge in [-0.25, -0.2) is 0 Å². The maximum absolute atomic E-state index is 10.1. The van der Waals surface area contributed by atoms with Gasteiger partial charge >= 0.3 is 0 Å². The fourth-order valence-electron chi connectivity index (χ4n) is 0.983. The first kappa shape index (κ1) is 8.72. The van der Waals surface area contributed by atoms with Crippen molar-refractivity contribution >= 4 is 22.2 Å². The Morgan fingerprint density at radius 2 is 2.36 bits per heavy atom. The van der Waals surface area contributed by atoms with Crippen molar-refractivity contribution in [2.75, 3.05) is 13.1 Å². The molecule has 0 bridgehead atoms. The number of likely N-dealkylation sites (tertiary alicyclic amines) is 1. The van der Waals surface area contributed by atoms with Gasteiger partial charge in [-0.1, -0.05) is 5.92 Å². The molecule has 0 aromatic heterocycles. The van der Waals surface area contributed by atoms with E-state index in [1.807, 2.05) is 0 Å². The summed E-state index contributed by atoms with van der Waals surface area (Å²) in [5.41, 5.74) is 0. The predicted octanol–water partition coefficient (Wildman–Crippen LogP) is -0.209. The van der Waals surface area contributed by atoms with E-state index in [1.165, 1.54) is 0 Å². The molecule has 0 aromatic carbocycles. The minimum atomic E-state index is -0.941. The Morgan fingerprint density at radius 1 is 1.73 bits per heavy atom. The van der Waals surface area contributed by atoms with Crippen LogP contribution in [-0.2, 0) is 4.79 Å². The highest BCUT2D eigenvalue weighted by Gasteiger charge is 2.29. The molecule has 60 valence electrons. The van der Waals surface area contributed by atoms with Crippen molar-refractivity contribution in [1.82, 2.24) is 4.90 Å². The second kappa shape index (κ2) is 3.86. The number of rotatable bonds is 2. The number of nitrogens with zero attached hydrogens (tertiary/aromatic N) is 1. The molecule has 1 aliphatic heterocycles. The molecule has 1 atom stereocenters. The van der Waals surface area contributed by atoms with E-state index >= 15 is 0 Å². The molecule has 0 radical (unpaired) electrons. The van der Waals surface area contributed by atoms with Gasteiger partial charge in [0, 0.05) is 34.9 Å². The smallest absolute Gasteiger partial charge is 0.163 e. The molecule has 0 spiro atoms. The lowest BCUT2D eigenvalue weighted by atomic mass is 10.0. The van der Waals surface area contributed by atoms with E-state index in [2.05, 4.69) is 26.7 Å². The second-order valence-electron chi connectivity index (χ2n) is 2.44. The van der Waals surface area contributed by atoms with Crippen LogP contribution in [0.15, 0.2) is 0 Å². The van der Waals surface area contributed by atoms with Crippen LogP contribution in [0.2, 0.25) is 0 Å². The zero-order valence-electron chi connectivity index (χ0n) is 5.83. The lowest BCUT2D eigenvalue weighted by Gasteiger charge is -2.37. The first-order chi connectivity index (χ1) is 5.27. The summed E-state index contributed by atoms with van der Waals surface area (Å²) in [4.78, 5) is 14.3. The number of halogens is 1. The van der Waals surface area contributed by atoms with E-state index in [1.54, 1.807) is 4.90 Å². The number of carbonyl (C=O) groups excluding carboxylic acids is 1. The fourth-order valence-corrected chi connectivity index (χ4v) is 1.31. The average molecular weight is 218 g/mol. The van der Waals surface area contributed by atoms with Crippen molar-refractivity contribution in [1.29, 1.82) is 0 Å². The molecular weight excluding hydrogens is 210 g/mol. The van der Waals surface area contributed by atoms with Crippen LogP contribution in [0.1, 0.15) is 0 Å². The number of aldehydes is 1. The molecule has 3 nitrogen and oxygen atoms in total. The van der Waals surface area contributed by atoms with Crippen LogP contribution in [0.3, 0.4) is 0 Å². The summed E-state index contributed by atoms with van der Waals surface area (Å²) in [7, 11) is 0. The van der Waals surface area contributed by atoms with Crippen molar-refractivity contribution in [2.45, 2.75) is 6.23 Å². The number of aliphatic hydroxyl groups excluding tert-OH is 1. The Hall–Kier alpha value is -0.370. The average Bonchev–Trinajstić information content (AvgIpc) is 1.94. The first-order valence-corrected chi connectivity index (χ1v) is 4.06. The lowest BCUT2D eigenvalue weighted by molar-refractivity contribution is -0.129. The van der Waals surface area contributed by atoms with Crippen LogP contribution in [0.4, 0.5) is 0 Å². The van der Waals surface area contributed by atoms with Gasteiger partial charge in [-0.2, -0.15) is 0 Å². The van der Waals surface area contributed by atoms with E-state index in [0.29, 0.717) is 25.3 Å². The van der Waals surface area contributed by atoms with Crippen LogP contribution in [0, 0.1) is 16.7 Å². The maximum Gasteiger partial charge on any atom is 0.163 e. The summed E-state index contributed by atoms with van der Waals surface area (Å²) in [5, 5.41) is 8.96. The molecule has 0 saturated carbocycles. The zero-order valence-corrected chi connectivity index (χ0v) is 7.41. The predicted molar refractivity (Wildman–Crippen MR) is 43.8 cm³/mol.